The third kappa shape index (κ3) is 8.38. The van der Waals surface area contributed by atoms with E-state index in [0.717, 1.165) is 24.2 Å². The fraction of sp³-hybridized carbons (Fsp3) is 0.818. The van der Waals surface area contributed by atoms with E-state index in [4.69, 9.17) is 0 Å². The van der Waals surface area contributed by atoms with Crippen LogP contribution in [0.2, 0.25) is 0 Å². The smallest absolute Gasteiger partial charge is 0.0633 e. The molecule has 0 amide bonds. The molecule has 0 aliphatic carbocycles. The van der Waals surface area contributed by atoms with Crippen molar-refractivity contribution >= 4 is 11.8 Å². The van der Waals surface area contributed by atoms with Gasteiger partial charge in [0, 0.05) is 11.0 Å². The molecule has 0 rings (SSSR count). The van der Waals surface area contributed by atoms with E-state index in [-0.39, 0.29) is 6.10 Å². The lowest BCUT2D eigenvalue weighted by Crippen LogP contribution is -2.12. The van der Waals surface area contributed by atoms with Crippen LogP contribution < -0.4 is 0 Å². The lowest BCUT2D eigenvalue weighted by Gasteiger charge is -2.13. The largest absolute Gasteiger partial charge is 0.392 e. The van der Waals surface area contributed by atoms with Crippen molar-refractivity contribution in [3.05, 3.63) is 12.2 Å². The van der Waals surface area contributed by atoms with Crippen LogP contribution in [0.15, 0.2) is 12.2 Å². The van der Waals surface area contributed by atoms with E-state index in [0.29, 0.717) is 5.25 Å². The molecule has 78 valence electrons. The molecular weight excluding hydrogens is 180 g/mol. The average molecular weight is 202 g/mol. The summed E-state index contributed by atoms with van der Waals surface area (Å²) in [4.78, 5) is 0. The van der Waals surface area contributed by atoms with Crippen molar-refractivity contribution in [3.63, 3.8) is 0 Å². The van der Waals surface area contributed by atoms with Gasteiger partial charge in [-0.05, 0) is 26.2 Å². The number of hydrogen-bond acceptors (Lipinski definition) is 2. The normalized spacial score (nSPS) is 15.4. The van der Waals surface area contributed by atoms with Crippen molar-refractivity contribution in [1.29, 1.82) is 0 Å². The van der Waals surface area contributed by atoms with Crippen molar-refractivity contribution in [2.45, 2.75) is 51.4 Å². The Kier molecular flexibility index (Phi) is 7.48. The number of allylic oxidation sites excluding steroid dienone is 1. The topological polar surface area (TPSA) is 20.2 Å². The number of aliphatic hydroxyl groups is 1. The Morgan fingerprint density at radius 2 is 2.15 bits per heavy atom. The second-order valence-electron chi connectivity index (χ2n) is 3.70. The molecule has 0 saturated heterocycles. The van der Waals surface area contributed by atoms with E-state index < -0.39 is 0 Å². The van der Waals surface area contributed by atoms with Crippen molar-refractivity contribution in [3.8, 4) is 0 Å². The Labute approximate surface area is 86.6 Å². The van der Waals surface area contributed by atoms with Crippen LogP contribution in [0.5, 0.6) is 0 Å². The summed E-state index contributed by atoms with van der Waals surface area (Å²) in [5.74, 6) is 0.863. The fourth-order valence-electron chi connectivity index (χ4n) is 0.890. The maximum Gasteiger partial charge on any atom is 0.0633 e. The summed E-state index contributed by atoms with van der Waals surface area (Å²) >= 11 is 1.86. The summed E-state index contributed by atoms with van der Waals surface area (Å²) in [6, 6.07) is 0. The van der Waals surface area contributed by atoms with E-state index in [1.54, 1.807) is 0 Å². The molecule has 2 heteroatoms. The van der Waals surface area contributed by atoms with Gasteiger partial charge in [-0.25, -0.2) is 0 Å². The molecule has 1 N–H and O–H groups in total. The fourth-order valence-corrected chi connectivity index (χ4v) is 1.84. The lowest BCUT2D eigenvalue weighted by atomic mass is 10.1. The second kappa shape index (κ2) is 7.45. The minimum atomic E-state index is -0.157. The number of thioether (sulfide) groups is 1. The summed E-state index contributed by atoms with van der Waals surface area (Å²) < 4.78 is 0. The third-order valence-corrected chi connectivity index (χ3v) is 3.53. The number of rotatable bonds is 7. The summed E-state index contributed by atoms with van der Waals surface area (Å²) in [6.07, 6.45) is 2.83. The minimum absolute atomic E-state index is 0.157. The van der Waals surface area contributed by atoms with Gasteiger partial charge in [0.25, 0.3) is 0 Å². The van der Waals surface area contributed by atoms with Gasteiger partial charge in [0.1, 0.15) is 0 Å². The Balaban J connectivity index is 3.39. The zero-order valence-corrected chi connectivity index (χ0v) is 9.86. The van der Waals surface area contributed by atoms with Crippen molar-refractivity contribution in [2.75, 3.05) is 5.75 Å². The second-order valence-corrected chi connectivity index (χ2v) is 5.17. The minimum Gasteiger partial charge on any atom is -0.392 e. The Bertz CT molecular complexity index is 145. The predicted octanol–water partition coefficient (Wildman–Crippen LogP) is 3.24. The maximum absolute atomic E-state index is 9.58. The van der Waals surface area contributed by atoms with Crippen molar-refractivity contribution in [2.24, 2.45) is 0 Å². The van der Waals surface area contributed by atoms with Crippen molar-refractivity contribution in [1.82, 2.24) is 0 Å². The molecule has 2 atom stereocenters. The molecule has 0 aromatic heterocycles. The number of aliphatic hydroxyl groups excluding tert-OH is 1. The summed E-state index contributed by atoms with van der Waals surface area (Å²) in [7, 11) is 0. The summed E-state index contributed by atoms with van der Waals surface area (Å²) in [5.41, 5.74) is 1.16. The average Bonchev–Trinajstić information content (AvgIpc) is 2.10. The first-order chi connectivity index (χ1) is 6.06. The van der Waals surface area contributed by atoms with E-state index >= 15 is 0 Å². The lowest BCUT2D eigenvalue weighted by molar-refractivity contribution is 0.189. The van der Waals surface area contributed by atoms with Crippen LogP contribution in [0, 0.1) is 0 Å². The zero-order valence-electron chi connectivity index (χ0n) is 9.05. The highest BCUT2D eigenvalue weighted by Gasteiger charge is 2.06. The first-order valence-corrected chi connectivity index (χ1v) is 6.05. The van der Waals surface area contributed by atoms with Crippen LogP contribution in [-0.4, -0.2) is 22.2 Å². The highest BCUT2D eigenvalue weighted by Crippen LogP contribution is 2.17. The first kappa shape index (κ1) is 13.1. The SMILES string of the molecule is C=C(C)CCC(O)CSC(C)CC. The van der Waals surface area contributed by atoms with E-state index in [1.165, 1.54) is 6.42 Å². The quantitative estimate of drug-likeness (QED) is 0.640. The van der Waals surface area contributed by atoms with Gasteiger partial charge in [-0.2, -0.15) is 11.8 Å². The predicted molar refractivity (Wildman–Crippen MR) is 62.3 cm³/mol. The molecule has 1 nitrogen and oxygen atoms in total. The molecule has 0 aliphatic heterocycles. The molecule has 0 spiro atoms. The van der Waals surface area contributed by atoms with Crippen LogP contribution in [0.25, 0.3) is 0 Å². The van der Waals surface area contributed by atoms with Gasteiger partial charge in [-0.15, -0.1) is 6.58 Å². The molecular formula is C11H22OS. The summed E-state index contributed by atoms with van der Waals surface area (Å²) in [6.45, 7) is 10.2. The molecule has 0 aromatic carbocycles. The van der Waals surface area contributed by atoms with Gasteiger partial charge in [0.15, 0.2) is 0 Å². The molecule has 0 aromatic rings. The molecule has 2 unspecified atom stereocenters. The molecule has 13 heavy (non-hydrogen) atoms. The van der Waals surface area contributed by atoms with Gasteiger partial charge in [0.05, 0.1) is 6.10 Å². The highest BCUT2D eigenvalue weighted by atomic mass is 32.2. The van der Waals surface area contributed by atoms with E-state index in [9.17, 15) is 5.11 Å². The van der Waals surface area contributed by atoms with Crippen LogP contribution >= 0.6 is 11.8 Å². The third-order valence-electron chi connectivity index (χ3n) is 2.05. The van der Waals surface area contributed by atoms with Gasteiger partial charge in [-0.1, -0.05) is 19.4 Å². The van der Waals surface area contributed by atoms with E-state index in [1.807, 2.05) is 18.7 Å². The van der Waals surface area contributed by atoms with Crippen LogP contribution in [0.4, 0.5) is 0 Å². The van der Waals surface area contributed by atoms with Gasteiger partial charge in [0.2, 0.25) is 0 Å². The van der Waals surface area contributed by atoms with Gasteiger partial charge < -0.3 is 5.11 Å². The molecule has 0 saturated carbocycles. The van der Waals surface area contributed by atoms with Crippen LogP contribution in [-0.2, 0) is 0 Å². The monoisotopic (exact) mass is 202 g/mol. The number of hydrogen-bond donors (Lipinski definition) is 1. The van der Waals surface area contributed by atoms with Gasteiger partial charge in [-0.3, -0.25) is 0 Å². The molecule has 0 fully saturated rings. The Hall–Kier alpha value is 0.0500. The first-order valence-electron chi connectivity index (χ1n) is 5.00. The summed E-state index contributed by atoms with van der Waals surface area (Å²) in [5, 5.41) is 10.2. The molecule has 0 heterocycles. The van der Waals surface area contributed by atoms with Gasteiger partial charge >= 0.3 is 0 Å². The highest BCUT2D eigenvalue weighted by molar-refractivity contribution is 7.99. The molecule has 0 aliphatic rings. The van der Waals surface area contributed by atoms with Crippen molar-refractivity contribution < 1.29 is 5.11 Å². The maximum atomic E-state index is 9.58. The molecule has 0 bridgehead atoms. The molecule has 0 radical (unpaired) electrons. The Morgan fingerprint density at radius 3 is 2.62 bits per heavy atom. The standard InChI is InChI=1S/C11H22OS/c1-5-10(4)13-8-11(12)7-6-9(2)3/h10-12H,2,5-8H2,1,3-4H3. The van der Waals surface area contributed by atoms with Crippen LogP contribution in [0.1, 0.15) is 40.0 Å². The van der Waals surface area contributed by atoms with E-state index in [2.05, 4.69) is 20.4 Å². The zero-order chi connectivity index (χ0) is 10.3. The van der Waals surface area contributed by atoms with Crippen LogP contribution in [0.3, 0.4) is 0 Å². The Morgan fingerprint density at radius 1 is 1.54 bits per heavy atom.